The number of aromatic nitrogens is 2. The van der Waals surface area contributed by atoms with Crippen LogP contribution in [0.4, 0.5) is 0 Å². The molecule has 0 bridgehead atoms. The van der Waals surface area contributed by atoms with Crippen LogP contribution in [-0.2, 0) is 16.0 Å². The second kappa shape index (κ2) is 5.87. The van der Waals surface area contributed by atoms with E-state index in [4.69, 9.17) is 0 Å². The van der Waals surface area contributed by atoms with Gasteiger partial charge in [-0.1, -0.05) is 19.9 Å². The molecule has 19 heavy (non-hydrogen) atoms. The monoisotopic (exact) mass is 260 g/mol. The van der Waals surface area contributed by atoms with Crippen LogP contribution in [0.1, 0.15) is 44.0 Å². The Balaban J connectivity index is 2.06. The van der Waals surface area contributed by atoms with Crippen LogP contribution < -0.4 is 0 Å². The zero-order valence-corrected chi connectivity index (χ0v) is 11.7. The van der Waals surface area contributed by atoms with Crippen LogP contribution in [0.3, 0.4) is 0 Å². The van der Waals surface area contributed by atoms with Gasteiger partial charge in [0.1, 0.15) is 5.82 Å². The second-order valence-electron chi connectivity index (χ2n) is 5.06. The molecule has 0 amide bonds. The Bertz CT molecular complexity index is 573. The van der Waals surface area contributed by atoms with Crippen LogP contribution in [0.5, 0.6) is 0 Å². The highest BCUT2D eigenvalue weighted by Gasteiger charge is 2.07. The number of esters is 1. The number of hydrogen-bond acceptors (Lipinski definition) is 3. The van der Waals surface area contributed by atoms with Crippen molar-refractivity contribution < 1.29 is 9.53 Å². The van der Waals surface area contributed by atoms with E-state index in [9.17, 15) is 4.79 Å². The number of nitrogens with one attached hydrogen (secondary N) is 1. The van der Waals surface area contributed by atoms with E-state index in [0.717, 1.165) is 29.7 Å². The number of imidazole rings is 1. The number of methoxy groups -OCH3 is 1. The van der Waals surface area contributed by atoms with Crippen molar-refractivity contribution in [2.24, 2.45) is 0 Å². The first kappa shape index (κ1) is 13.6. The fraction of sp³-hybridized carbons (Fsp3) is 0.467. The van der Waals surface area contributed by atoms with E-state index in [1.54, 1.807) is 0 Å². The maximum atomic E-state index is 11.1. The molecular formula is C15H20N2O2. The van der Waals surface area contributed by atoms with E-state index in [2.05, 4.69) is 40.7 Å². The van der Waals surface area contributed by atoms with E-state index >= 15 is 0 Å². The Hall–Kier alpha value is -1.84. The first-order chi connectivity index (χ1) is 9.10. The number of carbonyl (C=O) groups is 1. The standard InChI is InChI=1S/C15H20N2O2/c1-10(2)15-16-12-8-7-11(9-13(12)17-15)5-4-6-14(18)19-3/h7-10H,4-6H2,1-3H3,(H,16,17). The summed E-state index contributed by atoms with van der Waals surface area (Å²) in [5, 5.41) is 0. The quantitative estimate of drug-likeness (QED) is 0.840. The lowest BCUT2D eigenvalue weighted by Gasteiger charge is -2.01. The Kier molecular flexibility index (Phi) is 4.20. The van der Waals surface area contributed by atoms with Crippen molar-refractivity contribution in [3.05, 3.63) is 29.6 Å². The number of hydrogen-bond donors (Lipinski definition) is 1. The lowest BCUT2D eigenvalue weighted by Crippen LogP contribution is -2.00. The average molecular weight is 260 g/mol. The number of aryl methyl sites for hydroxylation is 1. The highest BCUT2D eigenvalue weighted by molar-refractivity contribution is 5.76. The Labute approximate surface area is 113 Å². The third kappa shape index (κ3) is 3.34. The number of rotatable bonds is 5. The number of aromatic amines is 1. The van der Waals surface area contributed by atoms with Gasteiger partial charge in [-0.3, -0.25) is 4.79 Å². The minimum Gasteiger partial charge on any atom is -0.469 e. The summed E-state index contributed by atoms with van der Waals surface area (Å²) >= 11 is 0. The van der Waals surface area contributed by atoms with Gasteiger partial charge < -0.3 is 9.72 Å². The molecule has 0 aliphatic rings. The van der Waals surface area contributed by atoms with Crippen molar-refractivity contribution in [1.29, 1.82) is 0 Å². The van der Waals surface area contributed by atoms with E-state index in [-0.39, 0.29) is 5.97 Å². The summed E-state index contributed by atoms with van der Waals surface area (Å²) in [5.41, 5.74) is 3.29. The third-order valence-electron chi connectivity index (χ3n) is 3.19. The van der Waals surface area contributed by atoms with Gasteiger partial charge in [0.25, 0.3) is 0 Å². The van der Waals surface area contributed by atoms with Crippen molar-refractivity contribution in [3.63, 3.8) is 0 Å². The van der Waals surface area contributed by atoms with Gasteiger partial charge in [-0.25, -0.2) is 4.98 Å². The van der Waals surface area contributed by atoms with Crippen molar-refractivity contribution in [2.45, 2.75) is 39.0 Å². The predicted molar refractivity (Wildman–Crippen MR) is 75.1 cm³/mol. The van der Waals surface area contributed by atoms with Crippen LogP contribution in [0, 0.1) is 0 Å². The molecule has 102 valence electrons. The highest BCUT2D eigenvalue weighted by Crippen LogP contribution is 2.19. The SMILES string of the molecule is COC(=O)CCCc1ccc2nc(C(C)C)[nH]c2c1. The number of H-pyrrole nitrogens is 1. The number of ether oxygens (including phenoxy) is 1. The van der Waals surface area contributed by atoms with E-state index in [1.807, 2.05) is 6.07 Å². The first-order valence-electron chi connectivity index (χ1n) is 6.65. The molecule has 4 nitrogen and oxygen atoms in total. The molecule has 2 rings (SSSR count). The zero-order chi connectivity index (χ0) is 13.8. The first-order valence-corrected chi connectivity index (χ1v) is 6.65. The van der Waals surface area contributed by atoms with Gasteiger partial charge >= 0.3 is 5.97 Å². The molecule has 0 aliphatic carbocycles. The van der Waals surface area contributed by atoms with E-state index in [0.29, 0.717) is 12.3 Å². The van der Waals surface area contributed by atoms with Crippen LogP contribution in [-0.4, -0.2) is 23.0 Å². The second-order valence-corrected chi connectivity index (χ2v) is 5.06. The molecule has 0 atom stereocenters. The smallest absolute Gasteiger partial charge is 0.305 e. The molecule has 0 radical (unpaired) electrons. The zero-order valence-electron chi connectivity index (χ0n) is 11.7. The van der Waals surface area contributed by atoms with Crippen molar-refractivity contribution >= 4 is 17.0 Å². The molecule has 1 N–H and O–H groups in total. The van der Waals surface area contributed by atoms with Gasteiger partial charge in [0.15, 0.2) is 0 Å². The lowest BCUT2D eigenvalue weighted by atomic mass is 10.1. The Morgan fingerprint density at radius 3 is 2.89 bits per heavy atom. The van der Waals surface area contributed by atoms with Gasteiger partial charge in [0, 0.05) is 12.3 Å². The normalized spacial score (nSPS) is 11.2. The molecule has 1 aromatic carbocycles. The van der Waals surface area contributed by atoms with Gasteiger partial charge in [-0.05, 0) is 30.5 Å². The number of fused-ring (bicyclic) bond motifs is 1. The minimum atomic E-state index is -0.148. The van der Waals surface area contributed by atoms with Gasteiger partial charge in [0.2, 0.25) is 0 Å². The molecule has 0 saturated heterocycles. The summed E-state index contributed by atoms with van der Waals surface area (Å²) < 4.78 is 4.63. The summed E-state index contributed by atoms with van der Waals surface area (Å²) in [6.45, 7) is 4.24. The fourth-order valence-corrected chi connectivity index (χ4v) is 2.04. The molecule has 0 saturated carbocycles. The molecule has 0 unspecified atom stereocenters. The van der Waals surface area contributed by atoms with Crippen molar-refractivity contribution in [2.75, 3.05) is 7.11 Å². The summed E-state index contributed by atoms with van der Waals surface area (Å²) in [6, 6.07) is 6.22. The largest absolute Gasteiger partial charge is 0.469 e. The Morgan fingerprint density at radius 1 is 1.42 bits per heavy atom. The number of benzene rings is 1. The van der Waals surface area contributed by atoms with E-state index < -0.39 is 0 Å². The topological polar surface area (TPSA) is 55.0 Å². The Morgan fingerprint density at radius 2 is 2.21 bits per heavy atom. The number of nitrogens with zero attached hydrogens (tertiary/aromatic N) is 1. The van der Waals surface area contributed by atoms with Crippen LogP contribution in [0.25, 0.3) is 11.0 Å². The van der Waals surface area contributed by atoms with Gasteiger partial charge in [-0.15, -0.1) is 0 Å². The fourth-order valence-electron chi connectivity index (χ4n) is 2.04. The van der Waals surface area contributed by atoms with Crippen molar-refractivity contribution in [1.82, 2.24) is 9.97 Å². The third-order valence-corrected chi connectivity index (χ3v) is 3.19. The molecule has 4 heteroatoms. The van der Waals surface area contributed by atoms with Crippen molar-refractivity contribution in [3.8, 4) is 0 Å². The summed E-state index contributed by atoms with van der Waals surface area (Å²) in [4.78, 5) is 18.9. The van der Waals surface area contributed by atoms with Gasteiger partial charge in [0.05, 0.1) is 18.1 Å². The average Bonchev–Trinajstić information content (AvgIpc) is 2.81. The molecule has 2 aromatic rings. The molecular weight excluding hydrogens is 240 g/mol. The summed E-state index contributed by atoms with van der Waals surface area (Å²) in [5.74, 6) is 1.27. The molecule has 1 aromatic heterocycles. The summed E-state index contributed by atoms with van der Waals surface area (Å²) in [7, 11) is 1.42. The van der Waals surface area contributed by atoms with Crippen LogP contribution in [0.15, 0.2) is 18.2 Å². The lowest BCUT2D eigenvalue weighted by molar-refractivity contribution is -0.140. The number of carbonyl (C=O) groups excluding carboxylic acids is 1. The predicted octanol–water partition coefficient (Wildman–Crippen LogP) is 3.18. The van der Waals surface area contributed by atoms with E-state index in [1.165, 1.54) is 12.7 Å². The van der Waals surface area contributed by atoms with Gasteiger partial charge in [-0.2, -0.15) is 0 Å². The molecule has 0 aliphatic heterocycles. The molecule has 0 fully saturated rings. The maximum absolute atomic E-state index is 11.1. The van der Waals surface area contributed by atoms with Crippen LogP contribution in [0.2, 0.25) is 0 Å². The highest BCUT2D eigenvalue weighted by atomic mass is 16.5. The van der Waals surface area contributed by atoms with Crippen LogP contribution >= 0.6 is 0 Å². The maximum Gasteiger partial charge on any atom is 0.305 e. The summed E-state index contributed by atoms with van der Waals surface area (Å²) in [6.07, 6.45) is 2.15. The molecule has 0 spiro atoms. The minimum absolute atomic E-state index is 0.148. The molecule has 1 heterocycles.